The van der Waals surface area contributed by atoms with E-state index in [9.17, 15) is 24.0 Å². The molecule has 2 saturated heterocycles. The van der Waals surface area contributed by atoms with Crippen LogP contribution in [0.25, 0.3) is 0 Å². The van der Waals surface area contributed by atoms with E-state index >= 15 is 0 Å². The van der Waals surface area contributed by atoms with E-state index in [1.807, 2.05) is 18.7 Å². The molecule has 0 radical (unpaired) electrons. The number of rotatable bonds is 13. The van der Waals surface area contributed by atoms with Crippen molar-refractivity contribution in [2.75, 3.05) is 5.75 Å². The van der Waals surface area contributed by atoms with E-state index in [-0.39, 0.29) is 36.9 Å². The lowest BCUT2D eigenvalue weighted by Crippen LogP contribution is -2.40. The highest BCUT2D eigenvalue weighted by molar-refractivity contribution is 8.00. The number of hydrogen-bond acceptors (Lipinski definition) is 7. The van der Waals surface area contributed by atoms with Gasteiger partial charge in [-0.05, 0) is 19.3 Å². The molecule has 0 aromatic heterocycles. The smallest absolute Gasteiger partial charge is 0.326 e. The largest absolute Gasteiger partial charge is 0.480 e. The molecular formula is C20H35N5O7S. The van der Waals surface area contributed by atoms with Crippen LogP contribution < -0.4 is 27.2 Å². The fourth-order valence-corrected chi connectivity index (χ4v) is 5.04. The van der Waals surface area contributed by atoms with Gasteiger partial charge in [0.1, 0.15) is 6.04 Å². The maximum Gasteiger partial charge on any atom is 0.326 e. The van der Waals surface area contributed by atoms with Gasteiger partial charge in [-0.15, -0.1) is 0 Å². The average molecular weight is 490 g/mol. The number of carbonyl (C=O) groups is 5. The Hall–Kier alpha value is -2.54. The Bertz CT molecular complexity index is 694. The number of thioether (sulfide) groups is 1. The molecule has 33 heavy (non-hydrogen) atoms. The highest BCUT2D eigenvalue weighted by Crippen LogP contribution is 2.33. The summed E-state index contributed by atoms with van der Waals surface area (Å²) in [7, 11) is 0. The minimum atomic E-state index is -0.963. The van der Waals surface area contributed by atoms with Crippen LogP contribution in [0.2, 0.25) is 0 Å². The summed E-state index contributed by atoms with van der Waals surface area (Å²) in [6.45, 7) is 1.99. The number of carboxylic acids is 1. The van der Waals surface area contributed by atoms with Crippen molar-refractivity contribution in [1.29, 1.82) is 0 Å². The molecule has 0 aromatic rings. The molecule has 2 heterocycles. The highest BCUT2D eigenvalue weighted by atomic mass is 32.2. The zero-order valence-corrected chi connectivity index (χ0v) is 19.6. The lowest BCUT2D eigenvalue weighted by atomic mass is 10.0. The molecule has 0 bridgehead atoms. The van der Waals surface area contributed by atoms with Crippen LogP contribution in [0.5, 0.6) is 0 Å². The zero-order chi connectivity index (χ0) is 24.8. The summed E-state index contributed by atoms with van der Waals surface area (Å²) in [5.41, 5.74) is 6.07. The van der Waals surface area contributed by atoms with Crippen LogP contribution in [0.3, 0.4) is 0 Å². The van der Waals surface area contributed by atoms with Gasteiger partial charge in [0.05, 0.1) is 12.1 Å². The van der Waals surface area contributed by atoms with Crippen LogP contribution in [0.4, 0.5) is 4.79 Å². The van der Waals surface area contributed by atoms with Crippen molar-refractivity contribution in [1.82, 2.24) is 21.4 Å². The van der Waals surface area contributed by atoms with Crippen molar-refractivity contribution in [2.24, 2.45) is 5.73 Å². The molecule has 8 N–H and O–H groups in total. The molecule has 0 saturated carbocycles. The van der Waals surface area contributed by atoms with Crippen molar-refractivity contribution in [2.45, 2.75) is 88.1 Å². The summed E-state index contributed by atoms with van der Waals surface area (Å²) in [6.07, 6.45) is 5.03. The topological polar surface area (TPSA) is 200 Å². The van der Waals surface area contributed by atoms with E-state index < -0.39 is 23.8 Å². The Morgan fingerprint density at radius 3 is 2.45 bits per heavy atom. The molecule has 0 aliphatic carbocycles. The van der Waals surface area contributed by atoms with Gasteiger partial charge < -0.3 is 26.8 Å². The Morgan fingerprint density at radius 2 is 1.85 bits per heavy atom. The van der Waals surface area contributed by atoms with Crippen LogP contribution in [-0.4, -0.2) is 69.2 Å². The molecule has 0 aromatic carbocycles. The fourth-order valence-electron chi connectivity index (χ4n) is 3.50. The summed E-state index contributed by atoms with van der Waals surface area (Å²) >= 11 is 1.86. The zero-order valence-electron chi connectivity index (χ0n) is 18.8. The molecule has 2 aliphatic rings. The third-order valence-corrected chi connectivity index (χ3v) is 6.79. The third kappa shape index (κ3) is 11.2. The van der Waals surface area contributed by atoms with Gasteiger partial charge in [0, 0.05) is 30.3 Å². The quantitative estimate of drug-likeness (QED) is 0.0824. The van der Waals surface area contributed by atoms with Crippen molar-refractivity contribution in [3.63, 3.8) is 0 Å². The fraction of sp³-hybridized carbons (Fsp3) is 0.750. The number of hydroxylamine groups is 1. The molecular weight excluding hydrogens is 454 g/mol. The molecule has 188 valence electrons. The van der Waals surface area contributed by atoms with E-state index in [1.54, 1.807) is 0 Å². The first-order valence-electron chi connectivity index (χ1n) is 11.1. The number of urea groups is 1. The SMILES string of the molecule is CCCCC(NC(=O)CCCC[C@@H]1SC[C@@H]2NC(=O)N[C@@H]21)C(=O)O.NC(=O)CCC(=O)NO. The summed E-state index contributed by atoms with van der Waals surface area (Å²) in [5, 5.41) is 25.9. The third-order valence-electron chi connectivity index (χ3n) is 5.28. The Balaban J connectivity index is 0.000000513. The van der Waals surface area contributed by atoms with Crippen LogP contribution in [0, 0.1) is 0 Å². The summed E-state index contributed by atoms with van der Waals surface area (Å²) in [5.74, 6) is -1.37. The Labute approximate surface area is 197 Å². The van der Waals surface area contributed by atoms with Crippen molar-refractivity contribution in [3.05, 3.63) is 0 Å². The summed E-state index contributed by atoms with van der Waals surface area (Å²) < 4.78 is 0. The normalized spacial score (nSPS) is 21.5. The maximum atomic E-state index is 11.9. The second-order valence-corrected chi connectivity index (χ2v) is 9.24. The number of aliphatic carboxylic acids is 1. The lowest BCUT2D eigenvalue weighted by molar-refractivity contribution is -0.142. The molecule has 4 atom stereocenters. The molecule has 5 amide bonds. The van der Waals surface area contributed by atoms with Gasteiger partial charge in [0.2, 0.25) is 17.7 Å². The lowest BCUT2D eigenvalue weighted by Gasteiger charge is -2.17. The molecule has 0 spiro atoms. The Morgan fingerprint density at radius 1 is 1.12 bits per heavy atom. The van der Waals surface area contributed by atoms with Gasteiger partial charge in [0.15, 0.2) is 0 Å². The first kappa shape index (κ1) is 28.5. The Kier molecular flexibility index (Phi) is 13.2. The molecule has 2 aliphatic heterocycles. The number of carboxylic acid groups (broad SMARTS) is 1. The molecule has 1 unspecified atom stereocenters. The van der Waals surface area contributed by atoms with Gasteiger partial charge in [-0.25, -0.2) is 15.1 Å². The highest BCUT2D eigenvalue weighted by Gasteiger charge is 2.42. The molecule has 13 heteroatoms. The number of primary amides is 1. The predicted molar refractivity (Wildman–Crippen MR) is 121 cm³/mol. The van der Waals surface area contributed by atoms with E-state index in [0.717, 1.165) is 37.9 Å². The molecule has 2 rings (SSSR count). The number of hydrogen-bond donors (Lipinski definition) is 7. The number of nitrogens with two attached hydrogens (primary N) is 1. The second kappa shape index (κ2) is 15.3. The standard InChI is InChI=1S/C16H27N3O4S.C4H8N2O3/c1-2-3-6-10(15(21)22)17-13(20)8-5-4-7-12-14-11(9-24-12)18-16(23)19-14;5-3(7)1-2-4(8)6-9/h10-12,14H,2-9H2,1H3,(H,17,20)(H,21,22)(H2,18,19,23);9H,1-2H2,(H2,5,7)(H,6,8)/t10?,11-,12-,14-;/m0./s1. The van der Waals surface area contributed by atoms with Crippen molar-refractivity contribution >= 4 is 41.5 Å². The minimum absolute atomic E-state index is 0.0353. The predicted octanol–water partition coefficient (Wildman–Crippen LogP) is 0.229. The van der Waals surface area contributed by atoms with Gasteiger partial charge >= 0.3 is 12.0 Å². The van der Waals surface area contributed by atoms with E-state index in [0.29, 0.717) is 18.1 Å². The summed E-state index contributed by atoms with van der Waals surface area (Å²) in [6, 6.07) is -0.433. The number of amides is 5. The monoisotopic (exact) mass is 489 g/mol. The maximum absolute atomic E-state index is 11.9. The van der Waals surface area contributed by atoms with Crippen LogP contribution in [0.1, 0.15) is 64.7 Å². The van der Waals surface area contributed by atoms with Crippen molar-refractivity contribution in [3.8, 4) is 0 Å². The number of nitrogens with one attached hydrogen (secondary N) is 4. The van der Waals surface area contributed by atoms with Crippen molar-refractivity contribution < 1.29 is 34.3 Å². The van der Waals surface area contributed by atoms with Gasteiger partial charge in [-0.3, -0.25) is 19.6 Å². The average Bonchev–Trinajstić information content (AvgIpc) is 3.31. The van der Waals surface area contributed by atoms with Gasteiger partial charge in [-0.1, -0.05) is 26.2 Å². The second-order valence-electron chi connectivity index (χ2n) is 7.97. The molecule has 2 fully saturated rings. The number of fused-ring (bicyclic) bond motifs is 1. The minimum Gasteiger partial charge on any atom is -0.480 e. The summed E-state index contributed by atoms with van der Waals surface area (Å²) in [4.78, 5) is 54.5. The van der Waals surface area contributed by atoms with E-state index in [4.69, 9.17) is 16.0 Å². The van der Waals surface area contributed by atoms with E-state index in [2.05, 4.69) is 16.0 Å². The van der Waals surface area contributed by atoms with Crippen LogP contribution >= 0.6 is 11.8 Å². The first-order valence-corrected chi connectivity index (χ1v) is 12.1. The number of unbranched alkanes of at least 4 members (excludes halogenated alkanes) is 2. The van der Waals surface area contributed by atoms with Crippen LogP contribution in [-0.2, 0) is 19.2 Å². The van der Waals surface area contributed by atoms with Gasteiger partial charge in [-0.2, -0.15) is 11.8 Å². The van der Waals surface area contributed by atoms with Crippen LogP contribution in [0.15, 0.2) is 0 Å². The molecule has 12 nitrogen and oxygen atoms in total. The number of carbonyl (C=O) groups excluding carboxylic acids is 4. The van der Waals surface area contributed by atoms with E-state index in [1.165, 1.54) is 5.48 Å². The first-order chi connectivity index (χ1) is 15.7. The van der Waals surface area contributed by atoms with Gasteiger partial charge in [0.25, 0.3) is 0 Å².